The number of carbonyl (C=O) groups excluding carboxylic acids is 2. The van der Waals surface area contributed by atoms with Crippen LogP contribution in [0.1, 0.15) is 30.1 Å². The van der Waals surface area contributed by atoms with Crippen LogP contribution in [0.3, 0.4) is 0 Å². The summed E-state index contributed by atoms with van der Waals surface area (Å²) in [5.41, 5.74) is 1.87. The van der Waals surface area contributed by atoms with E-state index in [9.17, 15) is 18.0 Å². The standard InChI is InChI=1S/C23H25N3O5S3/c1-3-31-22(28)16-5-4-12-26(14-16)34(29,30)18-9-6-15(7-10-18)21(27)24-17-8-11-19-20(13-17)33-23(25-19)32-2/h6-11,13,16H,3-5,12,14H2,1-2H3,(H,24,27). The maximum atomic E-state index is 13.1. The summed E-state index contributed by atoms with van der Waals surface area (Å²) in [5, 5.41) is 2.85. The van der Waals surface area contributed by atoms with Crippen molar-refractivity contribution in [2.45, 2.75) is 29.0 Å². The number of ether oxygens (including phenoxy) is 1. The number of thioether (sulfide) groups is 1. The van der Waals surface area contributed by atoms with Crippen LogP contribution in [0, 0.1) is 5.92 Å². The van der Waals surface area contributed by atoms with Crippen LogP contribution in [0.15, 0.2) is 51.7 Å². The summed E-state index contributed by atoms with van der Waals surface area (Å²) >= 11 is 3.13. The number of nitrogens with zero attached hydrogens (tertiary/aromatic N) is 2. The first-order valence-electron chi connectivity index (χ1n) is 10.8. The first-order valence-corrected chi connectivity index (χ1v) is 14.3. The Labute approximate surface area is 206 Å². The van der Waals surface area contributed by atoms with E-state index in [1.54, 1.807) is 36.1 Å². The van der Waals surface area contributed by atoms with Crippen LogP contribution >= 0.6 is 23.1 Å². The van der Waals surface area contributed by atoms with Gasteiger partial charge in [0.2, 0.25) is 10.0 Å². The summed E-state index contributed by atoms with van der Waals surface area (Å²) < 4.78 is 34.5. The number of carbonyl (C=O) groups is 2. The number of sulfonamides is 1. The van der Waals surface area contributed by atoms with Crippen molar-refractivity contribution in [1.82, 2.24) is 9.29 Å². The number of hydrogen-bond acceptors (Lipinski definition) is 8. The van der Waals surface area contributed by atoms with Gasteiger partial charge in [-0.15, -0.1) is 11.3 Å². The van der Waals surface area contributed by atoms with Crippen molar-refractivity contribution in [3.8, 4) is 0 Å². The third-order valence-corrected chi connectivity index (χ3v) is 9.44. The van der Waals surface area contributed by atoms with Crippen molar-refractivity contribution in [2.24, 2.45) is 5.92 Å². The van der Waals surface area contributed by atoms with Crippen molar-refractivity contribution in [2.75, 3.05) is 31.3 Å². The topological polar surface area (TPSA) is 106 Å². The van der Waals surface area contributed by atoms with E-state index in [1.165, 1.54) is 28.6 Å². The quantitative estimate of drug-likeness (QED) is 0.368. The van der Waals surface area contributed by atoms with E-state index in [0.29, 0.717) is 30.6 Å². The molecule has 2 aromatic carbocycles. The number of benzene rings is 2. The largest absolute Gasteiger partial charge is 0.466 e. The molecule has 1 saturated heterocycles. The van der Waals surface area contributed by atoms with Crippen LogP contribution in [0.5, 0.6) is 0 Å². The molecule has 1 unspecified atom stereocenters. The lowest BCUT2D eigenvalue weighted by Gasteiger charge is -2.30. The normalized spacial score (nSPS) is 16.9. The number of fused-ring (bicyclic) bond motifs is 1. The molecule has 1 aromatic heterocycles. The predicted molar refractivity (Wildman–Crippen MR) is 134 cm³/mol. The Morgan fingerprint density at radius 1 is 1.24 bits per heavy atom. The molecule has 0 aliphatic carbocycles. The lowest BCUT2D eigenvalue weighted by atomic mass is 10.0. The third kappa shape index (κ3) is 5.27. The summed E-state index contributed by atoms with van der Waals surface area (Å²) in [4.78, 5) is 29.4. The van der Waals surface area contributed by atoms with Crippen LogP contribution in [0.25, 0.3) is 10.2 Å². The molecule has 1 fully saturated rings. The Balaban J connectivity index is 1.45. The zero-order chi connectivity index (χ0) is 24.3. The number of esters is 1. The van der Waals surface area contributed by atoms with Gasteiger partial charge in [0.05, 0.1) is 27.6 Å². The van der Waals surface area contributed by atoms with Gasteiger partial charge in [-0.25, -0.2) is 13.4 Å². The summed E-state index contributed by atoms with van der Waals surface area (Å²) in [7, 11) is -3.78. The van der Waals surface area contributed by atoms with Crippen LogP contribution in [0.4, 0.5) is 5.69 Å². The summed E-state index contributed by atoms with van der Waals surface area (Å²) in [6.07, 6.45) is 3.16. The van der Waals surface area contributed by atoms with Gasteiger partial charge in [-0.1, -0.05) is 11.8 Å². The van der Waals surface area contributed by atoms with E-state index >= 15 is 0 Å². The van der Waals surface area contributed by atoms with Crippen molar-refractivity contribution >= 4 is 60.9 Å². The number of thiazole rings is 1. The predicted octanol–water partition coefficient (Wildman–Crippen LogP) is 4.23. The molecule has 0 spiro atoms. The molecule has 0 radical (unpaired) electrons. The van der Waals surface area contributed by atoms with Crippen molar-refractivity contribution < 1.29 is 22.7 Å². The second kappa shape index (κ2) is 10.4. The summed E-state index contributed by atoms with van der Waals surface area (Å²) in [5.74, 6) is -1.16. The van der Waals surface area contributed by atoms with E-state index in [2.05, 4.69) is 10.3 Å². The second-order valence-corrected chi connectivity index (χ2v) is 11.8. The first-order chi connectivity index (χ1) is 16.3. The highest BCUT2D eigenvalue weighted by molar-refractivity contribution is 8.00. The maximum Gasteiger partial charge on any atom is 0.310 e. The van der Waals surface area contributed by atoms with Crippen LogP contribution in [0.2, 0.25) is 0 Å². The molecule has 180 valence electrons. The minimum Gasteiger partial charge on any atom is -0.466 e. The molecule has 2 heterocycles. The van der Waals surface area contributed by atoms with Gasteiger partial charge in [-0.3, -0.25) is 9.59 Å². The molecular weight excluding hydrogens is 494 g/mol. The van der Waals surface area contributed by atoms with Crippen LogP contribution < -0.4 is 5.32 Å². The zero-order valence-corrected chi connectivity index (χ0v) is 21.3. The molecule has 1 aliphatic rings. The number of amides is 1. The van der Waals surface area contributed by atoms with Gasteiger partial charge in [-0.05, 0) is 68.5 Å². The number of rotatable bonds is 7. The van der Waals surface area contributed by atoms with Gasteiger partial charge in [0.15, 0.2) is 4.34 Å². The molecule has 1 N–H and O–H groups in total. The smallest absolute Gasteiger partial charge is 0.310 e. The number of hydrogen-bond donors (Lipinski definition) is 1. The van der Waals surface area contributed by atoms with Gasteiger partial charge in [0.25, 0.3) is 5.91 Å². The molecule has 4 rings (SSSR count). The lowest BCUT2D eigenvalue weighted by molar-refractivity contribution is -0.149. The maximum absolute atomic E-state index is 13.1. The van der Waals surface area contributed by atoms with Gasteiger partial charge < -0.3 is 10.1 Å². The number of aromatic nitrogens is 1. The molecule has 1 aliphatic heterocycles. The Morgan fingerprint density at radius 3 is 2.71 bits per heavy atom. The molecule has 1 amide bonds. The Morgan fingerprint density at radius 2 is 2.00 bits per heavy atom. The summed E-state index contributed by atoms with van der Waals surface area (Å²) in [6.45, 7) is 2.44. The van der Waals surface area contributed by atoms with Gasteiger partial charge >= 0.3 is 5.97 Å². The van der Waals surface area contributed by atoms with Crippen LogP contribution in [-0.4, -0.2) is 55.5 Å². The molecule has 0 saturated carbocycles. The lowest BCUT2D eigenvalue weighted by Crippen LogP contribution is -2.42. The second-order valence-electron chi connectivity index (χ2n) is 7.80. The highest BCUT2D eigenvalue weighted by Gasteiger charge is 2.34. The molecule has 34 heavy (non-hydrogen) atoms. The molecule has 3 aromatic rings. The minimum absolute atomic E-state index is 0.0873. The van der Waals surface area contributed by atoms with Gasteiger partial charge in [0.1, 0.15) is 0 Å². The number of anilines is 1. The van der Waals surface area contributed by atoms with E-state index in [-0.39, 0.29) is 29.9 Å². The SMILES string of the molecule is CCOC(=O)C1CCCN(S(=O)(=O)c2ccc(C(=O)Nc3ccc4nc(SC)sc4c3)cc2)C1. The van der Waals surface area contributed by atoms with Crippen molar-refractivity contribution in [3.63, 3.8) is 0 Å². The fraction of sp³-hybridized carbons (Fsp3) is 0.348. The average molecular weight is 520 g/mol. The highest BCUT2D eigenvalue weighted by Crippen LogP contribution is 2.30. The zero-order valence-electron chi connectivity index (χ0n) is 18.8. The number of nitrogens with one attached hydrogen (secondary N) is 1. The molecular formula is C23H25N3O5S3. The Kier molecular flexibility index (Phi) is 7.56. The van der Waals surface area contributed by atoms with Crippen molar-refractivity contribution in [3.05, 3.63) is 48.0 Å². The van der Waals surface area contributed by atoms with E-state index in [0.717, 1.165) is 14.6 Å². The Hall–Kier alpha value is -2.47. The summed E-state index contributed by atoms with van der Waals surface area (Å²) in [6, 6.07) is 11.4. The van der Waals surface area contributed by atoms with E-state index in [1.807, 2.05) is 18.4 Å². The van der Waals surface area contributed by atoms with E-state index in [4.69, 9.17) is 4.74 Å². The Bertz CT molecular complexity index is 1310. The fourth-order valence-corrected chi connectivity index (χ4v) is 6.86. The number of piperidine rings is 1. The fourth-order valence-electron chi connectivity index (χ4n) is 3.81. The molecule has 8 nitrogen and oxygen atoms in total. The van der Waals surface area contributed by atoms with Gasteiger partial charge in [0, 0.05) is 24.3 Å². The monoisotopic (exact) mass is 519 g/mol. The molecule has 1 atom stereocenters. The molecule has 11 heteroatoms. The third-order valence-electron chi connectivity index (χ3n) is 5.56. The van der Waals surface area contributed by atoms with Crippen LogP contribution in [-0.2, 0) is 19.6 Å². The van der Waals surface area contributed by atoms with Gasteiger partial charge in [-0.2, -0.15) is 4.31 Å². The minimum atomic E-state index is -3.78. The average Bonchev–Trinajstić information content (AvgIpc) is 3.27. The van der Waals surface area contributed by atoms with E-state index < -0.39 is 15.9 Å². The van der Waals surface area contributed by atoms with Crippen molar-refractivity contribution in [1.29, 1.82) is 0 Å². The first kappa shape index (κ1) is 24.6. The molecule has 0 bridgehead atoms. The highest BCUT2D eigenvalue weighted by atomic mass is 32.2.